The molecule has 2 aliphatic heterocycles. The molecule has 2 N–H and O–H groups in total. The largest absolute Gasteiger partial charge is 0.496 e. The first-order valence-electron chi connectivity index (χ1n) is 8.05. The summed E-state index contributed by atoms with van der Waals surface area (Å²) in [5.74, 6) is -0.529. The smallest absolute Gasteiger partial charge is 0.264 e. The number of ketones is 1. The second kappa shape index (κ2) is 5.77. The topological polar surface area (TPSA) is 106 Å². The van der Waals surface area contributed by atoms with Gasteiger partial charge in [-0.2, -0.15) is 9.98 Å². The van der Waals surface area contributed by atoms with Crippen LogP contribution >= 0.6 is 0 Å². The zero-order chi connectivity index (χ0) is 17.6. The van der Waals surface area contributed by atoms with Gasteiger partial charge < -0.3 is 10.5 Å². The Bertz CT molecular complexity index is 924. The van der Waals surface area contributed by atoms with Gasteiger partial charge in [0.05, 0.1) is 12.8 Å². The molecule has 0 spiro atoms. The Hall–Kier alpha value is -3.09. The third-order valence-electron chi connectivity index (χ3n) is 4.55. The number of benzene rings is 1. The highest BCUT2D eigenvalue weighted by atomic mass is 16.5. The summed E-state index contributed by atoms with van der Waals surface area (Å²) in [7, 11) is 1.55. The van der Waals surface area contributed by atoms with E-state index in [1.54, 1.807) is 13.2 Å². The molecule has 25 heavy (non-hydrogen) atoms. The minimum absolute atomic E-state index is 0.0136. The average Bonchev–Trinajstić information content (AvgIpc) is 2.60. The average molecular weight is 336 g/mol. The fourth-order valence-corrected chi connectivity index (χ4v) is 3.52. The summed E-state index contributed by atoms with van der Waals surface area (Å²) < 4.78 is 5.45. The maximum atomic E-state index is 12.7. The molecule has 0 saturated heterocycles. The number of ether oxygens (including phenoxy) is 1. The fourth-order valence-electron chi connectivity index (χ4n) is 3.52. The van der Waals surface area contributed by atoms with E-state index in [-0.39, 0.29) is 11.7 Å². The molecule has 7 nitrogen and oxygen atoms in total. The Morgan fingerprint density at radius 1 is 1.12 bits per heavy atom. The molecule has 0 aromatic heterocycles. The second-order valence-corrected chi connectivity index (χ2v) is 6.04. The number of hydrogen-bond acceptors (Lipinski definition) is 6. The van der Waals surface area contributed by atoms with E-state index in [0.29, 0.717) is 46.8 Å². The van der Waals surface area contributed by atoms with Crippen molar-refractivity contribution in [1.29, 1.82) is 0 Å². The number of allylic oxidation sites excluding steroid dienone is 1. The number of carbonyl (C=O) groups is 2. The minimum atomic E-state index is -0.829. The van der Waals surface area contributed by atoms with Gasteiger partial charge in [0, 0.05) is 17.6 Å². The Balaban J connectivity index is 2.02. The van der Waals surface area contributed by atoms with Crippen molar-refractivity contribution in [1.82, 2.24) is 0 Å². The molecule has 7 heteroatoms. The highest BCUT2D eigenvalue weighted by molar-refractivity contribution is 6.37. The fraction of sp³-hybridized carbons (Fsp3) is 0.278. The lowest BCUT2D eigenvalue weighted by Gasteiger charge is -2.31. The molecule has 1 aliphatic carbocycles. The van der Waals surface area contributed by atoms with Crippen LogP contribution in [0.4, 0.5) is 0 Å². The Morgan fingerprint density at radius 2 is 1.92 bits per heavy atom. The van der Waals surface area contributed by atoms with Crippen molar-refractivity contribution in [3.63, 3.8) is 0 Å². The molecule has 2 heterocycles. The molecule has 1 atom stereocenters. The molecule has 1 aromatic carbocycles. The van der Waals surface area contributed by atoms with E-state index >= 15 is 0 Å². The predicted octanol–water partition coefficient (Wildman–Crippen LogP) is 1.53. The summed E-state index contributed by atoms with van der Waals surface area (Å²) in [6.07, 6.45) is 1.83. The van der Waals surface area contributed by atoms with Crippen LogP contribution in [-0.2, 0) is 9.59 Å². The third-order valence-corrected chi connectivity index (χ3v) is 4.55. The van der Waals surface area contributed by atoms with E-state index in [1.165, 1.54) is 0 Å². The lowest BCUT2D eigenvalue weighted by molar-refractivity contribution is -0.118. The van der Waals surface area contributed by atoms with Crippen LogP contribution in [-0.4, -0.2) is 36.3 Å². The van der Waals surface area contributed by atoms with Gasteiger partial charge in [0.25, 0.3) is 5.91 Å². The number of carbonyl (C=O) groups excluding carboxylic acids is 2. The van der Waals surface area contributed by atoms with Crippen molar-refractivity contribution >= 4 is 34.8 Å². The Kier molecular flexibility index (Phi) is 3.56. The number of guanidine groups is 1. The number of aliphatic imine (C=N–C) groups is 3. The van der Waals surface area contributed by atoms with Crippen molar-refractivity contribution in [2.24, 2.45) is 26.6 Å². The number of amides is 1. The predicted molar refractivity (Wildman–Crippen MR) is 93.8 cm³/mol. The first kappa shape index (κ1) is 15.4. The number of nitrogens with two attached hydrogens (primary N) is 1. The molecule has 126 valence electrons. The maximum absolute atomic E-state index is 12.7. The molecule has 0 bridgehead atoms. The normalized spacial score (nSPS) is 22.6. The minimum Gasteiger partial charge on any atom is -0.496 e. The number of rotatable bonds is 2. The summed E-state index contributed by atoms with van der Waals surface area (Å²) in [6, 6.07) is 7.30. The molecule has 1 saturated carbocycles. The summed E-state index contributed by atoms with van der Waals surface area (Å²) in [6.45, 7) is 0. The van der Waals surface area contributed by atoms with Gasteiger partial charge in [-0.1, -0.05) is 18.2 Å². The van der Waals surface area contributed by atoms with Crippen LogP contribution in [0.25, 0.3) is 5.57 Å². The van der Waals surface area contributed by atoms with Crippen molar-refractivity contribution in [3.8, 4) is 5.75 Å². The van der Waals surface area contributed by atoms with Gasteiger partial charge in [0.1, 0.15) is 17.5 Å². The van der Waals surface area contributed by atoms with Gasteiger partial charge in [-0.05, 0) is 24.5 Å². The van der Waals surface area contributed by atoms with Crippen LogP contribution in [0, 0.1) is 5.92 Å². The Morgan fingerprint density at radius 3 is 2.72 bits per heavy atom. The summed E-state index contributed by atoms with van der Waals surface area (Å²) in [4.78, 5) is 37.7. The number of methoxy groups -OCH3 is 1. The molecule has 4 rings (SSSR count). The molecule has 1 aromatic rings. The van der Waals surface area contributed by atoms with Crippen molar-refractivity contribution < 1.29 is 14.3 Å². The van der Waals surface area contributed by atoms with Gasteiger partial charge in [-0.15, -0.1) is 0 Å². The van der Waals surface area contributed by atoms with Gasteiger partial charge in [-0.25, -0.2) is 4.99 Å². The summed E-state index contributed by atoms with van der Waals surface area (Å²) in [5.41, 5.74) is 8.06. The van der Waals surface area contributed by atoms with E-state index in [1.807, 2.05) is 18.2 Å². The lowest BCUT2D eigenvalue weighted by atomic mass is 9.77. The first-order chi connectivity index (χ1) is 12.1. The van der Waals surface area contributed by atoms with Crippen LogP contribution in [0.3, 0.4) is 0 Å². The van der Waals surface area contributed by atoms with Crippen LogP contribution in [0.2, 0.25) is 0 Å². The van der Waals surface area contributed by atoms with Crippen molar-refractivity contribution in [2.75, 3.05) is 7.11 Å². The van der Waals surface area contributed by atoms with Gasteiger partial charge >= 0.3 is 0 Å². The van der Waals surface area contributed by atoms with E-state index in [0.717, 1.165) is 6.42 Å². The number of para-hydroxylation sites is 1. The molecule has 1 amide bonds. The second-order valence-electron chi connectivity index (χ2n) is 6.04. The number of amidine groups is 1. The Labute approximate surface area is 144 Å². The molecular weight excluding hydrogens is 320 g/mol. The number of Topliss-reactive ketones (excluding diaryl/α,β-unsaturated/α-hetero) is 1. The maximum Gasteiger partial charge on any atom is 0.264 e. The molecule has 0 radical (unpaired) electrons. The van der Waals surface area contributed by atoms with Crippen LogP contribution in [0.15, 0.2) is 44.8 Å². The number of dihydropyridines is 1. The van der Waals surface area contributed by atoms with Gasteiger partial charge in [0.15, 0.2) is 5.78 Å². The zero-order valence-corrected chi connectivity index (χ0v) is 13.7. The molecule has 1 fully saturated rings. The molecule has 1 unspecified atom stereocenters. The van der Waals surface area contributed by atoms with E-state index in [2.05, 4.69) is 15.0 Å². The van der Waals surface area contributed by atoms with Crippen molar-refractivity contribution in [2.45, 2.75) is 19.3 Å². The highest BCUT2D eigenvalue weighted by Gasteiger charge is 2.42. The number of fused-ring (bicyclic) bond motifs is 2. The molecular formula is C18H16N4O3. The third kappa shape index (κ3) is 2.39. The van der Waals surface area contributed by atoms with Gasteiger partial charge in [-0.3, -0.25) is 9.59 Å². The van der Waals surface area contributed by atoms with E-state index < -0.39 is 11.8 Å². The molecule has 3 aliphatic rings. The SMILES string of the molecule is COc1ccccc1C1=C2C(=O)CCCC2=NC2=NC(N)=NC(=O)C21. The van der Waals surface area contributed by atoms with E-state index in [9.17, 15) is 9.59 Å². The van der Waals surface area contributed by atoms with Crippen molar-refractivity contribution in [3.05, 3.63) is 35.4 Å². The summed E-state index contributed by atoms with van der Waals surface area (Å²) >= 11 is 0. The lowest BCUT2D eigenvalue weighted by Crippen LogP contribution is -2.38. The van der Waals surface area contributed by atoms with Crippen LogP contribution < -0.4 is 10.5 Å². The van der Waals surface area contributed by atoms with Crippen LogP contribution in [0.5, 0.6) is 5.75 Å². The van der Waals surface area contributed by atoms with E-state index in [4.69, 9.17) is 10.5 Å². The quantitative estimate of drug-likeness (QED) is 0.883. The standard InChI is InChI=1S/C18H16N4O3/c1-25-12-8-3-2-5-9(12)13-14-10(6-4-7-11(14)23)20-16-15(13)17(24)22-18(19)21-16/h2-3,5,8,15H,4,6-7H2,1H3,(H2,19,22,24). The van der Waals surface area contributed by atoms with Gasteiger partial charge in [0.2, 0.25) is 5.96 Å². The monoisotopic (exact) mass is 336 g/mol. The number of hydrogen-bond donors (Lipinski definition) is 1. The highest BCUT2D eigenvalue weighted by Crippen LogP contribution is 2.41. The number of nitrogens with zero attached hydrogens (tertiary/aromatic N) is 3. The zero-order valence-electron chi connectivity index (χ0n) is 13.7. The summed E-state index contributed by atoms with van der Waals surface area (Å²) in [5, 5.41) is 0. The van der Waals surface area contributed by atoms with Crippen LogP contribution in [0.1, 0.15) is 24.8 Å². The first-order valence-corrected chi connectivity index (χ1v) is 8.05.